The minimum atomic E-state index is -0.448. The van der Waals surface area contributed by atoms with Crippen LogP contribution in [-0.2, 0) is 19.3 Å². The van der Waals surface area contributed by atoms with Crippen LogP contribution in [0.1, 0.15) is 42.8 Å². The second-order valence-electron chi connectivity index (χ2n) is 8.22. The third kappa shape index (κ3) is 4.18. The van der Waals surface area contributed by atoms with E-state index in [-0.39, 0.29) is 11.3 Å². The van der Waals surface area contributed by atoms with Crippen molar-refractivity contribution in [1.29, 1.82) is 0 Å². The third-order valence-electron chi connectivity index (χ3n) is 6.18. The summed E-state index contributed by atoms with van der Waals surface area (Å²) in [4.78, 5) is 21.0. The fourth-order valence-corrected chi connectivity index (χ4v) is 4.45. The van der Waals surface area contributed by atoms with E-state index < -0.39 is 5.82 Å². The minimum absolute atomic E-state index is 0.143. The highest BCUT2D eigenvalue weighted by Gasteiger charge is 2.18. The van der Waals surface area contributed by atoms with E-state index >= 15 is 0 Å². The number of halogens is 1. The Morgan fingerprint density at radius 2 is 1.59 bits per heavy atom. The Hall–Kier alpha value is -3.61. The molecule has 0 spiro atoms. The molecule has 178 valence electrons. The molecule has 0 aliphatic carbocycles. The van der Waals surface area contributed by atoms with Crippen molar-refractivity contribution in [2.75, 3.05) is 21.3 Å². The smallest absolute Gasteiger partial charge is 0.252 e. The van der Waals surface area contributed by atoms with Crippen molar-refractivity contribution >= 4 is 21.7 Å². The summed E-state index contributed by atoms with van der Waals surface area (Å²) < 4.78 is 30.5. The van der Waals surface area contributed by atoms with Gasteiger partial charge in [-0.15, -0.1) is 0 Å². The summed E-state index contributed by atoms with van der Waals surface area (Å²) in [6, 6.07) is 8.80. The van der Waals surface area contributed by atoms with Gasteiger partial charge in [-0.05, 0) is 48.1 Å². The molecule has 2 heterocycles. The molecule has 0 unspecified atom stereocenters. The van der Waals surface area contributed by atoms with Gasteiger partial charge in [0.1, 0.15) is 0 Å². The second-order valence-corrected chi connectivity index (χ2v) is 8.22. The van der Waals surface area contributed by atoms with Crippen LogP contribution < -0.4 is 19.8 Å². The monoisotopic (exact) mass is 464 g/mol. The van der Waals surface area contributed by atoms with Crippen molar-refractivity contribution < 1.29 is 18.6 Å². The maximum atomic E-state index is 14.3. The van der Waals surface area contributed by atoms with Gasteiger partial charge in [0.15, 0.2) is 23.1 Å². The lowest BCUT2D eigenvalue weighted by Gasteiger charge is -2.16. The Labute approximate surface area is 197 Å². The highest BCUT2D eigenvalue weighted by Crippen LogP contribution is 2.35. The lowest BCUT2D eigenvalue weighted by Crippen LogP contribution is -2.17. The normalized spacial score (nSPS) is 11.2. The first-order valence-corrected chi connectivity index (χ1v) is 11.4. The number of nitrogens with one attached hydrogen (secondary N) is 1. The van der Waals surface area contributed by atoms with Gasteiger partial charge in [0, 0.05) is 40.2 Å². The average molecular weight is 465 g/mol. The summed E-state index contributed by atoms with van der Waals surface area (Å²) in [5.41, 5.74) is 3.67. The average Bonchev–Trinajstić information content (AvgIpc) is 2.84. The number of aromatic nitrogens is 2. The topological polar surface area (TPSA) is 73.4 Å². The van der Waals surface area contributed by atoms with E-state index in [1.807, 2.05) is 25.1 Å². The molecule has 0 bridgehead atoms. The number of pyridine rings is 2. The highest BCUT2D eigenvalue weighted by atomic mass is 19.1. The standard InChI is InChI=1S/C27H29FN2O4/c1-6-8-22-15(9-16-11-24(32-3)20(28)14-23(16)29-22)10-19-17-12-25(33-4)26(34-5)13-18(17)21(7-2)30-27(19)31/h9,11-14H,6-8,10H2,1-5H3,(H,30,31). The number of nitrogens with zero attached hydrogens (tertiary/aromatic N) is 1. The van der Waals surface area contributed by atoms with E-state index in [4.69, 9.17) is 19.2 Å². The fraction of sp³-hybridized carbons (Fsp3) is 0.333. The van der Waals surface area contributed by atoms with Crippen LogP contribution >= 0.6 is 0 Å². The van der Waals surface area contributed by atoms with Crippen LogP contribution in [0.5, 0.6) is 17.2 Å². The van der Waals surface area contributed by atoms with Crippen LogP contribution in [0.2, 0.25) is 0 Å². The minimum Gasteiger partial charge on any atom is -0.494 e. The Balaban J connectivity index is 1.96. The number of hydrogen-bond acceptors (Lipinski definition) is 5. The Bertz CT molecular complexity index is 1430. The molecule has 0 saturated heterocycles. The number of aromatic amines is 1. The molecular formula is C27H29FN2O4. The number of benzene rings is 2. The lowest BCUT2D eigenvalue weighted by atomic mass is 9.95. The zero-order valence-electron chi connectivity index (χ0n) is 20.2. The molecule has 0 fully saturated rings. The number of hydrogen-bond donors (Lipinski definition) is 1. The molecular weight excluding hydrogens is 435 g/mol. The SMILES string of the molecule is CCCc1nc2cc(F)c(OC)cc2cc1Cc1c(=O)[nH]c(CC)c2cc(OC)c(OC)cc12. The van der Waals surface area contributed by atoms with Crippen LogP contribution in [0.25, 0.3) is 21.7 Å². The van der Waals surface area contributed by atoms with Gasteiger partial charge in [0.25, 0.3) is 5.56 Å². The molecule has 0 radical (unpaired) electrons. The number of fused-ring (bicyclic) bond motifs is 2. The second kappa shape index (κ2) is 9.71. The number of ether oxygens (including phenoxy) is 3. The van der Waals surface area contributed by atoms with Gasteiger partial charge >= 0.3 is 0 Å². The quantitative estimate of drug-likeness (QED) is 0.381. The Kier molecular flexibility index (Phi) is 6.72. The van der Waals surface area contributed by atoms with E-state index in [0.29, 0.717) is 35.4 Å². The van der Waals surface area contributed by atoms with Crippen molar-refractivity contribution in [1.82, 2.24) is 9.97 Å². The summed E-state index contributed by atoms with van der Waals surface area (Å²) in [7, 11) is 4.61. The molecule has 2 aromatic heterocycles. The van der Waals surface area contributed by atoms with Crippen molar-refractivity contribution in [3.63, 3.8) is 0 Å². The Morgan fingerprint density at radius 1 is 0.912 bits per heavy atom. The zero-order valence-corrected chi connectivity index (χ0v) is 20.2. The van der Waals surface area contributed by atoms with Crippen molar-refractivity contribution in [2.24, 2.45) is 0 Å². The maximum Gasteiger partial charge on any atom is 0.252 e. The molecule has 0 saturated carbocycles. The summed E-state index contributed by atoms with van der Waals surface area (Å²) in [5.74, 6) is 0.887. The van der Waals surface area contributed by atoms with E-state index in [1.54, 1.807) is 20.3 Å². The predicted molar refractivity (Wildman–Crippen MR) is 132 cm³/mol. The van der Waals surface area contributed by atoms with Gasteiger partial charge in [-0.3, -0.25) is 9.78 Å². The molecule has 2 aromatic carbocycles. The van der Waals surface area contributed by atoms with Gasteiger partial charge in [0.2, 0.25) is 0 Å². The molecule has 0 atom stereocenters. The van der Waals surface area contributed by atoms with Crippen LogP contribution in [0.4, 0.5) is 4.39 Å². The first-order valence-electron chi connectivity index (χ1n) is 11.4. The maximum absolute atomic E-state index is 14.3. The van der Waals surface area contributed by atoms with E-state index in [9.17, 15) is 9.18 Å². The van der Waals surface area contributed by atoms with Gasteiger partial charge in [-0.25, -0.2) is 4.39 Å². The van der Waals surface area contributed by atoms with Crippen molar-refractivity contribution in [3.8, 4) is 17.2 Å². The van der Waals surface area contributed by atoms with Crippen LogP contribution in [0.15, 0.2) is 35.1 Å². The molecule has 7 heteroatoms. The van der Waals surface area contributed by atoms with Gasteiger partial charge < -0.3 is 19.2 Å². The highest BCUT2D eigenvalue weighted by molar-refractivity contribution is 5.91. The zero-order chi connectivity index (χ0) is 24.4. The number of rotatable bonds is 8. The molecule has 34 heavy (non-hydrogen) atoms. The number of H-pyrrole nitrogens is 1. The lowest BCUT2D eigenvalue weighted by molar-refractivity contribution is 0.356. The molecule has 6 nitrogen and oxygen atoms in total. The molecule has 0 aliphatic rings. The Morgan fingerprint density at radius 3 is 2.21 bits per heavy atom. The summed E-state index contributed by atoms with van der Waals surface area (Å²) in [5, 5.41) is 2.50. The van der Waals surface area contributed by atoms with Crippen LogP contribution in [-0.4, -0.2) is 31.3 Å². The van der Waals surface area contributed by atoms with Crippen LogP contribution in [0.3, 0.4) is 0 Å². The molecule has 4 rings (SSSR count). The first kappa shape index (κ1) is 23.5. The van der Waals surface area contributed by atoms with E-state index in [1.165, 1.54) is 13.2 Å². The van der Waals surface area contributed by atoms with Crippen molar-refractivity contribution in [2.45, 2.75) is 39.5 Å². The van der Waals surface area contributed by atoms with E-state index in [0.717, 1.165) is 46.0 Å². The summed E-state index contributed by atoms with van der Waals surface area (Å²) >= 11 is 0. The third-order valence-corrected chi connectivity index (χ3v) is 6.18. The number of aryl methyl sites for hydroxylation is 2. The molecule has 0 aliphatic heterocycles. The summed E-state index contributed by atoms with van der Waals surface area (Å²) in [6.45, 7) is 4.07. The van der Waals surface area contributed by atoms with Gasteiger partial charge in [0.05, 0.1) is 26.8 Å². The van der Waals surface area contributed by atoms with Crippen LogP contribution in [0, 0.1) is 5.82 Å². The fourth-order valence-electron chi connectivity index (χ4n) is 4.45. The predicted octanol–water partition coefficient (Wildman–Crippen LogP) is 5.35. The molecule has 1 N–H and O–H groups in total. The van der Waals surface area contributed by atoms with E-state index in [2.05, 4.69) is 11.9 Å². The molecule has 4 aromatic rings. The van der Waals surface area contributed by atoms with Crippen molar-refractivity contribution in [3.05, 3.63) is 69.0 Å². The molecule has 0 amide bonds. The van der Waals surface area contributed by atoms with Gasteiger partial charge in [-0.1, -0.05) is 20.3 Å². The summed E-state index contributed by atoms with van der Waals surface area (Å²) in [6.07, 6.45) is 2.65. The van der Waals surface area contributed by atoms with Gasteiger partial charge in [-0.2, -0.15) is 0 Å². The largest absolute Gasteiger partial charge is 0.494 e. The number of methoxy groups -OCH3 is 3. The first-order chi connectivity index (χ1) is 16.4.